The molecule has 1 aliphatic rings. The van der Waals surface area contributed by atoms with E-state index in [1.54, 1.807) is 4.90 Å². The second-order valence-corrected chi connectivity index (χ2v) is 4.82. The van der Waals surface area contributed by atoms with Gasteiger partial charge in [0.25, 0.3) is 5.91 Å². The molecule has 0 aromatic heterocycles. The fraction of sp³-hybridized carbons (Fsp3) is 0.188. The number of hydrogen-bond donors (Lipinski definition) is 1. The van der Waals surface area contributed by atoms with Crippen LogP contribution in [0.25, 0.3) is 0 Å². The monoisotopic (exact) mass is 271 g/mol. The van der Waals surface area contributed by atoms with E-state index >= 15 is 0 Å². The molecule has 1 unspecified atom stereocenters. The van der Waals surface area contributed by atoms with Crippen LogP contribution in [0.3, 0.4) is 0 Å². The minimum Gasteiger partial charge on any atom is -0.378 e. The SMILES string of the molecule is O=C(C(O)c1ccc(F)cc1)N1CCc2ccccc21. The largest absolute Gasteiger partial charge is 0.378 e. The zero-order valence-corrected chi connectivity index (χ0v) is 10.8. The van der Waals surface area contributed by atoms with Gasteiger partial charge < -0.3 is 10.0 Å². The first-order valence-electron chi connectivity index (χ1n) is 6.49. The van der Waals surface area contributed by atoms with Gasteiger partial charge in [-0.15, -0.1) is 0 Å². The van der Waals surface area contributed by atoms with Crippen molar-refractivity contribution in [1.29, 1.82) is 0 Å². The van der Waals surface area contributed by atoms with Crippen molar-refractivity contribution in [3.05, 3.63) is 65.5 Å². The van der Waals surface area contributed by atoms with Gasteiger partial charge >= 0.3 is 0 Å². The maximum absolute atomic E-state index is 12.9. The first kappa shape index (κ1) is 12.8. The molecule has 1 N–H and O–H groups in total. The number of carbonyl (C=O) groups is 1. The van der Waals surface area contributed by atoms with Gasteiger partial charge in [0.15, 0.2) is 6.10 Å². The van der Waals surface area contributed by atoms with E-state index in [9.17, 15) is 14.3 Å². The highest BCUT2D eigenvalue weighted by Crippen LogP contribution is 2.30. The number of amides is 1. The standard InChI is InChI=1S/C16H14FNO2/c17-13-7-5-12(6-8-13)15(19)16(20)18-10-9-11-3-1-2-4-14(11)18/h1-8,15,19H,9-10H2. The van der Waals surface area contributed by atoms with Gasteiger partial charge in [0.2, 0.25) is 0 Å². The molecule has 0 spiro atoms. The van der Waals surface area contributed by atoms with Crippen LogP contribution in [0.5, 0.6) is 0 Å². The molecule has 1 aliphatic heterocycles. The van der Waals surface area contributed by atoms with E-state index < -0.39 is 6.10 Å². The third-order valence-corrected chi connectivity index (χ3v) is 3.57. The number of rotatable bonds is 2. The van der Waals surface area contributed by atoms with E-state index in [2.05, 4.69) is 0 Å². The highest BCUT2D eigenvalue weighted by molar-refractivity contribution is 5.98. The Morgan fingerprint density at radius 1 is 1.15 bits per heavy atom. The summed E-state index contributed by atoms with van der Waals surface area (Å²) in [6.07, 6.45) is -0.473. The first-order valence-corrected chi connectivity index (χ1v) is 6.49. The molecule has 0 aliphatic carbocycles. The van der Waals surface area contributed by atoms with Crippen molar-refractivity contribution in [2.45, 2.75) is 12.5 Å². The number of aliphatic hydroxyl groups excluding tert-OH is 1. The predicted molar refractivity (Wildman–Crippen MR) is 73.9 cm³/mol. The van der Waals surface area contributed by atoms with Gasteiger partial charge in [0.05, 0.1) is 0 Å². The molecule has 3 rings (SSSR count). The summed E-state index contributed by atoms with van der Waals surface area (Å²) in [6, 6.07) is 13.0. The second-order valence-electron chi connectivity index (χ2n) is 4.82. The van der Waals surface area contributed by atoms with Crippen LogP contribution in [0.4, 0.5) is 10.1 Å². The number of nitrogens with zero attached hydrogens (tertiary/aromatic N) is 1. The fourth-order valence-corrected chi connectivity index (χ4v) is 2.50. The lowest BCUT2D eigenvalue weighted by Gasteiger charge is -2.21. The van der Waals surface area contributed by atoms with Crippen molar-refractivity contribution in [3.8, 4) is 0 Å². The number of fused-ring (bicyclic) bond motifs is 1. The van der Waals surface area contributed by atoms with Crippen molar-refractivity contribution < 1.29 is 14.3 Å². The Morgan fingerprint density at radius 3 is 2.60 bits per heavy atom. The summed E-state index contributed by atoms with van der Waals surface area (Å²) in [4.78, 5) is 14.0. The summed E-state index contributed by atoms with van der Waals surface area (Å²) >= 11 is 0. The van der Waals surface area contributed by atoms with E-state index in [1.807, 2.05) is 24.3 Å². The third-order valence-electron chi connectivity index (χ3n) is 3.57. The Labute approximate surface area is 116 Å². The zero-order valence-electron chi connectivity index (χ0n) is 10.8. The molecule has 20 heavy (non-hydrogen) atoms. The highest BCUT2D eigenvalue weighted by atomic mass is 19.1. The number of benzene rings is 2. The van der Waals surface area contributed by atoms with E-state index in [-0.39, 0.29) is 11.7 Å². The molecular weight excluding hydrogens is 257 g/mol. The van der Waals surface area contributed by atoms with E-state index in [0.717, 1.165) is 17.7 Å². The molecule has 4 heteroatoms. The maximum Gasteiger partial charge on any atom is 0.260 e. The van der Waals surface area contributed by atoms with Crippen LogP contribution < -0.4 is 4.90 Å². The summed E-state index contributed by atoms with van der Waals surface area (Å²) in [5, 5.41) is 10.2. The molecule has 0 fully saturated rings. The Morgan fingerprint density at radius 2 is 1.85 bits per heavy atom. The topological polar surface area (TPSA) is 40.5 Å². The molecule has 1 amide bonds. The van der Waals surface area contributed by atoms with Crippen molar-refractivity contribution in [2.75, 3.05) is 11.4 Å². The van der Waals surface area contributed by atoms with Gasteiger partial charge in [-0.3, -0.25) is 4.79 Å². The van der Waals surface area contributed by atoms with Crippen LogP contribution in [0, 0.1) is 5.82 Å². The Kier molecular flexibility index (Phi) is 3.24. The van der Waals surface area contributed by atoms with Crippen molar-refractivity contribution in [2.24, 2.45) is 0 Å². The number of aliphatic hydroxyl groups is 1. The molecule has 0 saturated heterocycles. The Balaban J connectivity index is 1.85. The van der Waals surface area contributed by atoms with Gasteiger partial charge in [-0.2, -0.15) is 0 Å². The summed E-state index contributed by atoms with van der Waals surface area (Å²) in [6.45, 7) is 0.566. The fourth-order valence-electron chi connectivity index (χ4n) is 2.50. The lowest BCUT2D eigenvalue weighted by Crippen LogP contribution is -2.33. The number of para-hydroxylation sites is 1. The number of anilines is 1. The van der Waals surface area contributed by atoms with Crippen LogP contribution in [-0.2, 0) is 11.2 Å². The van der Waals surface area contributed by atoms with Crippen LogP contribution in [-0.4, -0.2) is 17.6 Å². The Hall–Kier alpha value is -2.20. The van der Waals surface area contributed by atoms with Gasteiger partial charge in [0, 0.05) is 12.2 Å². The smallest absolute Gasteiger partial charge is 0.260 e. The summed E-state index contributed by atoms with van der Waals surface area (Å²) in [5.74, 6) is -0.763. The molecule has 0 bridgehead atoms. The van der Waals surface area contributed by atoms with Gasteiger partial charge in [-0.1, -0.05) is 30.3 Å². The van der Waals surface area contributed by atoms with E-state index in [0.29, 0.717) is 12.1 Å². The molecule has 3 nitrogen and oxygen atoms in total. The predicted octanol–water partition coefficient (Wildman–Crippen LogP) is 2.45. The lowest BCUT2D eigenvalue weighted by atomic mass is 10.1. The van der Waals surface area contributed by atoms with E-state index in [1.165, 1.54) is 24.3 Å². The molecule has 0 radical (unpaired) electrons. The average Bonchev–Trinajstić information content (AvgIpc) is 2.90. The molecular formula is C16H14FNO2. The molecule has 2 aromatic carbocycles. The number of hydrogen-bond acceptors (Lipinski definition) is 2. The zero-order chi connectivity index (χ0) is 14.1. The van der Waals surface area contributed by atoms with E-state index in [4.69, 9.17) is 0 Å². The van der Waals surface area contributed by atoms with Crippen molar-refractivity contribution in [1.82, 2.24) is 0 Å². The highest BCUT2D eigenvalue weighted by Gasteiger charge is 2.29. The van der Waals surface area contributed by atoms with Crippen molar-refractivity contribution in [3.63, 3.8) is 0 Å². The van der Waals surface area contributed by atoms with Crippen LogP contribution in [0.2, 0.25) is 0 Å². The minimum absolute atomic E-state index is 0.374. The third kappa shape index (κ3) is 2.18. The van der Waals surface area contributed by atoms with Crippen molar-refractivity contribution >= 4 is 11.6 Å². The Bertz CT molecular complexity index is 639. The minimum atomic E-state index is -1.26. The quantitative estimate of drug-likeness (QED) is 0.911. The summed E-state index contributed by atoms with van der Waals surface area (Å²) < 4.78 is 12.9. The molecule has 1 atom stereocenters. The molecule has 0 saturated carbocycles. The van der Waals surface area contributed by atoms with Gasteiger partial charge in [-0.25, -0.2) is 4.39 Å². The normalized spacial score (nSPS) is 15.0. The lowest BCUT2D eigenvalue weighted by molar-refractivity contribution is -0.126. The summed E-state index contributed by atoms with van der Waals surface area (Å²) in [5.41, 5.74) is 2.35. The van der Waals surface area contributed by atoms with Crippen LogP contribution in [0.1, 0.15) is 17.2 Å². The van der Waals surface area contributed by atoms with Gasteiger partial charge in [-0.05, 0) is 35.7 Å². The number of halogens is 1. The first-order chi connectivity index (χ1) is 9.66. The molecule has 2 aromatic rings. The van der Waals surface area contributed by atoms with Gasteiger partial charge in [0.1, 0.15) is 5.82 Å². The average molecular weight is 271 g/mol. The second kappa shape index (κ2) is 5.06. The maximum atomic E-state index is 12.9. The van der Waals surface area contributed by atoms with Crippen LogP contribution in [0.15, 0.2) is 48.5 Å². The summed E-state index contributed by atoms with van der Waals surface area (Å²) in [7, 11) is 0. The molecule has 1 heterocycles. The molecule has 102 valence electrons. The van der Waals surface area contributed by atoms with Crippen LogP contribution >= 0.6 is 0 Å². The number of carbonyl (C=O) groups excluding carboxylic acids is 1.